The third-order valence-electron chi connectivity index (χ3n) is 21.9. The van der Waals surface area contributed by atoms with Gasteiger partial charge in [0.2, 0.25) is 0 Å². The van der Waals surface area contributed by atoms with Crippen LogP contribution in [-0.4, -0.2) is 53.2 Å². The number of benzene rings is 16. The fourth-order valence-electron chi connectivity index (χ4n) is 16.4. The molecule has 0 spiro atoms. The molecule has 0 atom stereocenters. The van der Waals surface area contributed by atoms with Gasteiger partial charge in [0.15, 0.2) is 11.6 Å². The van der Waals surface area contributed by atoms with E-state index in [1.165, 1.54) is 21.8 Å². The molecular formula is C107H71N11. The van der Waals surface area contributed by atoms with Gasteiger partial charge >= 0.3 is 0 Å². The first kappa shape index (κ1) is 69.8. The Morgan fingerprint density at radius 2 is 0.407 bits per heavy atom. The third-order valence-corrected chi connectivity index (χ3v) is 21.9. The van der Waals surface area contributed by atoms with Crippen LogP contribution in [0, 0.1) is 0 Å². The van der Waals surface area contributed by atoms with Crippen molar-refractivity contribution in [3.05, 3.63) is 431 Å². The minimum atomic E-state index is 0.639. The Bertz CT molecular complexity index is 7110. The topological polar surface area (TPSA) is 110 Å². The van der Waals surface area contributed by atoms with E-state index >= 15 is 0 Å². The summed E-state index contributed by atoms with van der Waals surface area (Å²) in [5, 5.41) is 2.48. The lowest BCUT2D eigenvalue weighted by Gasteiger charge is -2.18. The van der Waals surface area contributed by atoms with Gasteiger partial charge in [-0.15, -0.1) is 0 Å². The zero-order valence-electron chi connectivity index (χ0n) is 63.9. The van der Waals surface area contributed by atoms with Crippen molar-refractivity contribution in [3.8, 4) is 147 Å². The fourth-order valence-corrected chi connectivity index (χ4v) is 16.4. The Morgan fingerprint density at radius 1 is 0.153 bits per heavy atom. The Kier molecular flexibility index (Phi) is 18.0. The van der Waals surface area contributed by atoms with Crippen molar-refractivity contribution in [2.45, 2.75) is 0 Å². The maximum Gasteiger partial charge on any atom is 0.160 e. The highest BCUT2D eigenvalue weighted by Gasteiger charge is 2.27. The molecule has 0 aliphatic carbocycles. The van der Waals surface area contributed by atoms with Crippen LogP contribution in [0.2, 0.25) is 0 Å². The van der Waals surface area contributed by atoms with E-state index in [-0.39, 0.29) is 0 Å². The maximum absolute atomic E-state index is 5.42. The number of rotatable bonds is 15. The summed E-state index contributed by atoms with van der Waals surface area (Å²) < 4.78 is 9.05. The Labute approximate surface area is 681 Å². The Hall–Kier alpha value is -16.1. The molecule has 0 fully saturated rings. The summed E-state index contributed by atoms with van der Waals surface area (Å²) in [4.78, 5) is 37.4. The first-order chi connectivity index (χ1) is 58.5. The molecule has 0 N–H and O–H groups in total. The van der Waals surface area contributed by atoms with Crippen LogP contribution in [0.3, 0.4) is 0 Å². The molecule has 118 heavy (non-hydrogen) atoms. The lowest BCUT2D eigenvalue weighted by Crippen LogP contribution is -2.01. The summed E-state index contributed by atoms with van der Waals surface area (Å²) >= 11 is 0. The van der Waals surface area contributed by atoms with E-state index < -0.39 is 0 Å². The zero-order chi connectivity index (χ0) is 78.2. The summed E-state index contributed by atoms with van der Waals surface area (Å²) in [5.74, 6) is 3.94. The van der Waals surface area contributed by atoms with Crippen molar-refractivity contribution >= 4 is 54.9 Å². The second-order valence-corrected chi connectivity index (χ2v) is 29.1. The minimum absolute atomic E-state index is 0.639. The van der Waals surface area contributed by atoms with Crippen molar-refractivity contribution in [1.29, 1.82) is 0 Å². The monoisotopic (exact) mass is 1510 g/mol. The lowest BCUT2D eigenvalue weighted by molar-refractivity contribution is 1.10. The third kappa shape index (κ3) is 12.9. The smallest absolute Gasteiger partial charge is 0.160 e. The van der Waals surface area contributed by atoms with Crippen LogP contribution in [0.4, 0.5) is 0 Å². The first-order valence-corrected chi connectivity index (χ1v) is 39.6. The van der Waals surface area contributed by atoms with E-state index in [2.05, 4.69) is 376 Å². The van der Waals surface area contributed by atoms with Gasteiger partial charge in [-0.1, -0.05) is 334 Å². The summed E-state index contributed by atoms with van der Waals surface area (Å²) in [6, 6.07) is 149. The molecule has 0 amide bonds. The van der Waals surface area contributed by atoms with Crippen molar-refractivity contribution < 1.29 is 0 Å². The quantitative estimate of drug-likeness (QED) is 0.101. The molecule has 11 nitrogen and oxygen atoms in total. The van der Waals surface area contributed by atoms with Gasteiger partial charge in [0, 0.05) is 94.7 Å². The number of nitrogens with zero attached hydrogens (tertiary/aromatic N) is 11. The molecule has 22 rings (SSSR count). The number of imidazole rings is 3. The SMILES string of the molecule is c1ccc(-c2nc(-c3ccc(-c4nc5ccccc5n4-c4ccccc4)cc3)nc(-c3ccccc3)c2-c2ccc(-n3c4ccccc4c4ccccc43)cc2)cc1.c1ccc(-c2nc(-c3ccc4c(c3)nc(-c3ccccc3)n4-c3ccccc3)c(-c3ccccc3)c(-c3ccc4c(c3)nc(-c3ccccc3)n4-c3ccccc3)n2)cc1. The fraction of sp³-hybridized carbons (Fsp3) is 0. The van der Waals surface area contributed by atoms with Crippen LogP contribution >= 0.6 is 0 Å². The van der Waals surface area contributed by atoms with E-state index in [0.29, 0.717) is 11.6 Å². The molecule has 0 radical (unpaired) electrons. The molecule has 11 heteroatoms. The lowest BCUT2D eigenvalue weighted by atomic mass is 9.93. The van der Waals surface area contributed by atoms with Crippen LogP contribution in [0.25, 0.3) is 202 Å². The molecule has 0 aliphatic rings. The Balaban J connectivity index is 0.000000147. The minimum Gasteiger partial charge on any atom is -0.309 e. The number of hydrogen-bond donors (Lipinski definition) is 0. The first-order valence-electron chi connectivity index (χ1n) is 39.6. The van der Waals surface area contributed by atoms with Gasteiger partial charge in [0.05, 0.1) is 66.9 Å². The van der Waals surface area contributed by atoms with E-state index in [1.807, 2.05) is 72.8 Å². The van der Waals surface area contributed by atoms with Crippen LogP contribution in [-0.2, 0) is 0 Å². The van der Waals surface area contributed by atoms with Gasteiger partial charge in [0.1, 0.15) is 17.5 Å². The highest BCUT2D eigenvalue weighted by Crippen LogP contribution is 2.45. The van der Waals surface area contributed by atoms with Gasteiger partial charge in [0.25, 0.3) is 0 Å². The average Bonchev–Trinajstić information content (AvgIpc) is 1.45. The molecular weight excluding hydrogens is 1440 g/mol. The van der Waals surface area contributed by atoms with E-state index in [9.17, 15) is 0 Å². The summed E-state index contributed by atoms with van der Waals surface area (Å²) in [5.41, 5.74) is 28.7. The zero-order valence-corrected chi connectivity index (χ0v) is 63.9. The molecule has 0 bridgehead atoms. The van der Waals surface area contributed by atoms with Gasteiger partial charge in [-0.2, -0.15) is 0 Å². The van der Waals surface area contributed by atoms with Crippen molar-refractivity contribution in [2.75, 3.05) is 0 Å². The van der Waals surface area contributed by atoms with Crippen LogP contribution in [0.15, 0.2) is 431 Å². The van der Waals surface area contributed by atoms with E-state index in [1.54, 1.807) is 0 Å². The predicted molar refractivity (Wildman–Crippen MR) is 482 cm³/mol. The molecule has 0 unspecified atom stereocenters. The molecule has 0 saturated carbocycles. The number of aromatic nitrogens is 11. The number of hydrogen-bond acceptors (Lipinski definition) is 7. The van der Waals surface area contributed by atoms with Gasteiger partial charge in [-0.05, 0) is 108 Å². The van der Waals surface area contributed by atoms with Crippen LogP contribution in [0.1, 0.15) is 0 Å². The van der Waals surface area contributed by atoms with Crippen molar-refractivity contribution in [1.82, 2.24) is 53.2 Å². The standard InChI is InChI=1S/C54H36N6.C53H35N5/c1-7-19-37(20-8-1)49-50(41-31-33-47-45(35-41)55-53(39-23-11-3-12-24-39)59(47)43-27-15-5-16-28-43)57-52(38-21-9-2-10-22-38)58-51(49)42-32-34-48-46(36-42)56-54(40-25-13-4-14-26-40)60(48)44-29-17-6-18-30-44;1-4-16-37(17-5-1)50-49(36-32-34-42(35-33-36)57-46-25-13-10-22-43(46)44-23-11-14-26-47(44)57)51(38-18-6-2-7-19-38)56-52(55-50)39-28-30-40(31-29-39)53-54-45-24-12-15-27-48(45)58(53)41-20-8-3-9-21-41/h1-36H;1-35H. The van der Waals surface area contributed by atoms with Gasteiger partial charge < -0.3 is 4.57 Å². The summed E-state index contributed by atoms with van der Waals surface area (Å²) in [6.07, 6.45) is 0. The van der Waals surface area contributed by atoms with Crippen LogP contribution < -0.4 is 0 Å². The van der Waals surface area contributed by atoms with Crippen molar-refractivity contribution in [2.24, 2.45) is 0 Å². The largest absolute Gasteiger partial charge is 0.309 e. The highest BCUT2D eigenvalue weighted by atomic mass is 15.1. The second kappa shape index (κ2) is 30.4. The maximum atomic E-state index is 5.42. The van der Waals surface area contributed by atoms with Crippen LogP contribution in [0.5, 0.6) is 0 Å². The predicted octanol–water partition coefficient (Wildman–Crippen LogP) is 26.4. The highest BCUT2D eigenvalue weighted by molar-refractivity contribution is 6.09. The molecule has 6 heterocycles. The van der Waals surface area contributed by atoms with E-state index in [0.717, 1.165) is 168 Å². The molecule has 554 valence electrons. The van der Waals surface area contributed by atoms with E-state index in [4.69, 9.17) is 34.9 Å². The molecule has 6 aromatic heterocycles. The molecule has 0 saturated heterocycles. The van der Waals surface area contributed by atoms with Gasteiger partial charge in [-0.25, -0.2) is 34.9 Å². The molecule has 22 aromatic rings. The molecule has 16 aromatic carbocycles. The average molecular weight is 1510 g/mol. The molecule has 0 aliphatic heterocycles. The summed E-state index contributed by atoms with van der Waals surface area (Å²) in [6.45, 7) is 0. The normalized spacial score (nSPS) is 11.4. The van der Waals surface area contributed by atoms with Crippen molar-refractivity contribution in [3.63, 3.8) is 0 Å². The van der Waals surface area contributed by atoms with Gasteiger partial charge in [-0.3, -0.25) is 13.7 Å². The number of fused-ring (bicyclic) bond motifs is 6. The second-order valence-electron chi connectivity index (χ2n) is 29.1. The number of para-hydroxylation sites is 7. The summed E-state index contributed by atoms with van der Waals surface area (Å²) in [7, 11) is 0. The Morgan fingerprint density at radius 3 is 0.814 bits per heavy atom.